The summed E-state index contributed by atoms with van der Waals surface area (Å²) in [5.41, 5.74) is 0.916. The van der Waals surface area contributed by atoms with E-state index in [-0.39, 0.29) is 0 Å². The van der Waals surface area contributed by atoms with E-state index in [9.17, 15) is 9.90 Å². The van der Waals surface area contributed by atoms with Gasteiger partial charge in [0.25, 0.3) is 0 Å². The number of aliphatic hydroxyl groups excluding tert-OH is 1. The lowest BCUT2D eigenvalue weighted by molar-refractivity contribution is 0.179. The number of oxazole rings is 1. The first kappa shape index (κ1) is 12.9. The zero-order chi connectivity index (χ0) is 13.0. The van der Waals surface area contributed by atoms with E-state index in [1.165, 1.54) is 6.20 Å². The smallest absolute Gasteiger partial charge is 0.413 e. The Morgan fingerprint density at radius 2 is 2.33 bits per heavy atom. The van der Waals surface area contributed by atoms with Gasteiger partial charge in [-0.1, -0.05) is 22.0 Å². The Kier molecular flexibility index (Phi) is 4.22. The van der Waals surface area contributed by atoms with Crippen LogP contribution < -0.4 is 11.1 Å². The maximum Gasteiger partial charge on any atom is 0.416 e. The van der Waals surface area contributed by atoms with Gasteiger partial charge in [0.05, 0.1) is 6.10 Å². The van der Waals surface area contributed by atoms with Crippen molar-refractivity contribution in [1.82, 2.24) is 4.98 Å². The van der Waals surface area contributed by atoms with Crippen molar-refractivity contribution in [1.29, 1.82) is 0 Å². The Morgan fingerprint density at radius 1 is 1.50 bits per heavy atom. The van der Waals surface area contributed by atoms with Gasteiger partial charge in [-0.05, 0) is 18.2 Å². The predicted octanol–water partition coefficient (Wildman–Crippen LogP) is 1.75. The van der Waals surface area contributed by atoms with Crippen LogP contribution in [0, 0.1) is 0 Å². The first-order valence-electron chi connectivity index (χ1n) is 5.48. The SMILES string of the molecule is O=c1[nH]cc(CC(O)CNc2cccc(Br)c2)o1. The fourth-order valence-corrected chi connectivity index (χ4v) is 1.96. The maximum atomic E-state index is 10.8. The van der Waals surface area contributed by atoms with Crippen LogP contribution in [0.1, 0.15) is 5.76 Å². The summed E-state index contributed by atoms with van der Waals surface area (Å²) in [6.45, 7) is 0.380. The largest absolute Gasteiger partial charge is 0.416 e. The summed E-state index contributed by atoms with van der Waals surface area (Å²) >= 11 is 3.37. The number of benzene rings is 1. The number of aliphatic hydroxyl groups is 1. The average molecular weight is 313 g/mol. The summed E-state index contributed by atoms with van der Waals surface area (Å²) in [5, 5.41) is 12.9. The van der Waals surface area contributed by atoms with E-state index in [0.717, 1.165) is 10.2 Å². The molecule has 0 bridgehead atoms. The molecular formula is C12H13BrN2O3. The highest BCUT2D eigenvalue weighted by atomic mass is 79.9. The summed E-state index contributed by atoms with van der Waals surface area (Å²) in [6, 6.07) is 7.66. The number of anilines is 1. The molecule has 0 aliphatic carbocycles. The summed E-state index contributed by atoms with van der Waals surface area (Å²) in [4.78, 5) is 13.2. The van der Waals surface area contributed by atoms with Crippen molar-refractivity contribution in [2.75, 3.05) is 11.9 Å². The van der Waals surface area contributed by atoms with Crippen molar-refractivity contribution in [3.63, 3.8) is 0 Å². The molecule has 18 heavy (non-hydrogen) atoms. The van der Waals surface area contributed by atoms with E-state index >= 15 is 0 Å². The minimum atomic E-state index is -0.622. The van der Waals surface area contributed by atoms with Crippen LogP contribution in [0.5, 0.6) is 0 Å². The molecule has 0 aliphatic rings. The molecule has 3 N–H and O–H groups in total. The number of rotatable bonds is 5. The fourth-order valence-electron chi connectivity index (χ4n) is 1.56. The molecule has 2 aromatic rings. The van der Waals surface area contributed by atoms with Crippen molar-refractivity contribution in [2.24, 2.45) is 0 Å². The van der Waals surface area contributed by atoms with Crippen LogP contribution in [0.2, 0.25) is 0 Å². The zero-order valence-electron chi connectivity index (χ0n) is 9.52. The van der Waals surface area contributed by atoms with E-state index < -0.39 is 11.9 Å². The van der Waals surface area contributed by atoms with Crippen molar-refractivity contribution in [3.8, 4) is 0 Å². The Bertz CT molecular complexity index is 564. The van der Waals surface area contributed by atoms with Crippen LogP contribution in [-0.2, 0) is 6.42 Å². The number of hydrogen-bond acceptors (Lipinski definition) is 4. The molecule has 0 radical (unpaired) electrons. The highest BCUT2D eigenvalue weighted by Crippen LogP contribution is 2.15. The van der Waals surface area contributed by atoms with Crippen molar-refractivity contribution in [3.05, 3.63) is 51.2 Å². The van der Waals surface area contributed by atoms with Gasteiger partial charge in [-0.2, -0.15) is 0 Å². The summed E-state index contributed by atoms with van der Waals surface area (Å²) in [6.07, 6.45) is 1.13. The summed E-state index contributed by atoms with van der Waals surface area (Å²) in [7, 11) is 0. The van der Waals surface area contributed by atoms with Crippen molar-refractivity contribution >= 4 is 21.6 Å². The normalized spacial score (nSPS) is 12.3. The molecule has 0 spiro atoms. The van der Waals surface area contributed by atoms with E-state index in [0.29, 0.717) is 18.7 Å². The van der Waals surface area contributed by atoms with Gasteiger partial charge >= 0.3 is 5.76 Å². The third-order valence-corrected chi connectivity index (χ3v) is 2.87. The third-order valence-electron chi connectivity index (χ3n) is 2.38. The second-order valence-electron chi connectivity index (χ2n) is 3.89. The first-order valence-corrected chi connectivity index (χ1v) is 6.27. The molecule has 2 rings (SSSR count). The quantitative estimate of drug-likeness (QED) is 0.786. The minimum absolute atomic E-state index is 0.291. The predicted molar refractivity (Wildman–Crippen MR) is 71.7 cm³/mol. The second-order valence-corrected chi connectivity index (χ2v) is 4.81. The molecule has 1 aromatic carbocycles. The monoisotopic (exact) mass is 312 g/mol. The lowest BCUT2D eigenvalue weighted by atomic mass is 10.2. The van der Waals surface area contributed by atoms with Gasteiger partial charge in [0.1, 0.15) is 5.76 Å². The average Bonchev–Trinajstić information content (AvgIpc) is 2.72. The van der Waals surface area contributed by atoms with E-state index in [1.54, 1.807) is 0 Å². The number of H-pyrrole nitrogens is 1. The minimum Gasteiger partial charge on any atom is -0.413 e. The van der Waals surface area contributed by atoms with Crippen LogP contribution in [-0.4, -0.2) is 22.7 Å². The second kappa shape index (κ2) is 5.88. The van der Waals surface area contributed by atoms with E-state index in [4.69, 9.17) is 4.42 Å². The van der Waals surface area contributed by atoms with E-state index in [2.05, 4.69) is 26.2 Å². The molecule has 0 aliphatic heterocycles. The van der Waals surface area contributed by atoms with E-state index in [1.807, 2.05) is 24.3 Å². The highest BCUT2D eigenvalue weighted by molar-refractivity contribution is 9.10. The maximum absolute atomic E-state index is 10.8. The summed E-state index contributed by atoms with van der Waals surface area (Å²) in [5.74, 6) is -0.0549. The Morgan fingerprint density at radius 3 is 3.00 bits per heavy atom. The van der Waals surface area contributed by atoms with Crippen LogP contribution in [0.15, 0.2) is 44.1 Å². The standard InChI is InChI=1S/C12H13BrN2O3/c13-8-2-1-3-9(4-8)14-6-10(16)5-11-7-15-12(17)18-11/h1-4,7,10,14,16H,5-6H2,(H,15,17). The molecule has 1 atom stereocenters. The lowest BCUT2D eigenvalue weighted by Gasteiger charge is -2.11. The fraction of sp³-hybridized carbons (Fsp3) is 0.250. The Hall–Kier alpha value is -1.53. The third kappa shape index (κ3) is 3.75. The van der Waals surface area contributed by atoms with Crippen LogP contribution in [0.3, 0.4) is 0 Å². The van der Waals surface area contributed by atoms with Crippen LogP contribution in [0.4, 0.5) is 5.69 Å². The van der Waals surface area contributed by atoms with Gasteiger partial charge in [0.15, 0.2) is 0 Å². The molecule has 6 heteroatoms. The Labute approximate surface area is 112 Å². The topological polar surface area (TPSA) is 78.3 Å². The molecule has 1 aromatic heterocycles. The summed E-state index contributed by atoms with van der Waals surface area (Å²) < 4.78 is 5.79. The number of aromatic nitrogens is 1. The zero-order valence-corrected chi connectivity index (χ0v) is 11.1. The van der Waals surface area contributed by atoms with Gasteiger partial charge in [0, 0.05) is 29.3 Å². The molecule has 1 heterocycles. The Balaban J connectivity index is 1.85. The number of nitrogens with one attached hydrogen (secondary N) is 2. The van der Waals surface area contributed by atoms with Crippen molar-refractivity contribution < 1.29 is 9.52 Å². The molecule has 0 amide bonds. The first-order chi connectivity index (χ1) is 8.63. The lowest BCUT2D eigenvalue weighted by Crippen LogP contribution is -2.21. The van der Waals surface area contributed by atoms with Crippen molar-refractivity contribution in [2.45, 2.75) is 12.5 Å². The highest BCUT2D eigenvalue weighted by Gasteiger charge is 2.08. The number of aromatic amines is 1. The molecule has 0 saturated carbocycles. The van der Waals surface area contributed by atoms with Crippen LogP contribution >= 0.6 is 15.9 Å². The molecule has 0 saturated heterocycles. The molecule has 0 fully saturated rings. The number of halogens is 1. The molecular weight excluding hydrogens is 300 g/mol. The van der Waals surface area contributed by atoms with Gasteiger partial charge in [-0.15, -0.1) is 0 Å². The molecule has 1 unspecified atom stereocenters. The molecule has 96 valence electrons. The van der Waals surface area contributed by atoms with Gasteiger partial charge in [-0.3, -0.25) is 4.98 Å². The van der Waals surface area contributed by atoms with Gasteiger partial charge in [-0.25, -0.2) is 4.79 Å². The number of hydrogen-bond donors (Lipinski definition) is 3. The van der Waals surface area contributed by atoms with Crippen LogP contribution in [0.25, 0.3) is 0 Å². The molecule has 5 nitrogen and oxygen atoms in total. The van der Waals surface area contributed by atoms with Gasteiger partial charge in [0.2, 0.25) is 0 Å². The van der Waals surface area contributed by atoms with Gasteiger partial charge < -0.3 is 14.8 Å².